The Morgan fingerprint density at radius 2 is 0.946 bits per heavy atom. The first-order valence-electron chi connectivity index (χ1n) is 24.5. The van der Waals surface area contributed by atoms with Gasteiger partial charge in [0, 0.05) is 0 Å². The van der Waals surface area contributed by atoms with Crippen LogP contribution in [-0.2, 0) is 12.8 Å². The van der Waals surface area contributed by atoms with Gasteiger partial charge < -0.3 is 0 Å². The molecular formula is C54H82N2. The lowest BCUT2D eigenvalue weighted by molar-refractivity contribution is 0.00962. The monoisotopic (exact) mass is 759 g/mol. The van der Waals surface area contributed by atoms with E-state index in [1.54, 1.807) is 22.3 Å². The third-order valence-corrected chi connectivity index (χ3v) is 18.8. The topological polar surface area (TPSA) is 24.7 Å². The average Bonchev–Trinajstić information content (AvgIpc) is 3.70. The number of azo groups is 1. The van der Waals surface area contributed by atoms with Gasteiger partial charge in [0.1, 0.15) is 0 Å². The van der Waals surface area contributed by atoms with Crippen molar-refractivity contribution in [3.05, 3.63) is 57.6 Å². The Labute approximate surface area is 344 Å². The number of benzene rings is 2. The standard InChI is InChI=1S/C54H82N2/c1-33(2)13-11-15-35(5)49-21-23-51-45-19-17-41-37(7)29-39(31-47(41)43(45)25-27-53(49,51)9)55-56-40-30-38(8)42-18-20-46-44(48(42)32-40)26-28-54(10)50(22-24-52(46)54)36(6)16-12-14-34(3)4/h29-36,43-46,49-52H,11-28H2,1-10H3. The normalized spacial score (nSPS) is 35.9. The molecule has 0 amide bonds. The van der Waals surface area contributed by atoms with Crippen molar-refractivity contribution in [3.8, 4) is 0 Å². The Balaban J connectivity index is 0.977. The molecular weight excluding hydrogens is 677 g/mol. The Bertz CT molecular complexity index is 1610. The Morgan fingerprint density at radius 3 is 1.34 bits per heavy atom. The van der Waals surface area contributed by atoms with E-state index in [0.29, 0.717) is 22.7 Å². The molecule has 2 heteroatoms. The van der Waals surface area contributed by atoms with Crippen LogP contribution in [0.4, 0.5) is 11.4 Å². The summed E-state index contributed by atoms with van der Waals surface area (Å²) in [6.07, 6.45) is 25.2. The lowest BCUT2D eigenvalue weighted by Crippen LogP contribution is -2.43. The maximum Gasteiger partial charge on any atom is 0.0862 e. The fourth-order valence-electron chi connectivity index (χ4n) is 16.0. The second kappa shape index (κ2) is 16.2. The molecule has 8 rings (SSSR count). The zero-order valence-electron chi connectivity index (χ0n) is 37.9. The van der Waals surface area contributed by atoms with Crippen molar-refractivity contribution in [2.75, 3.05) is 0 Å². The summed E-state index contributed by atoms with van der Waals surface area (Å²) in [6.45, 7) is 24.9. The molecule has 2 aromatic rings. The van der Waals surface area contributed by atoms with Crippen LogP contribution >= 0.6 is 0 Å². The molecule has 12 atom stereocenters. The minimum Gasteiger partial charge on any atom is -0.151 e. The van der Waals surface area contributed by atoms with Gasteiger partial charge in [0.05, 0.1) is 11.4 Å². The van der Waals surface area contributed by atoms with E-state index >= 15 is 0 Å². The molecule has 4 saturated carbocycles. The van der Waals surface area contributed by atoms with Crippen molar-refractivity contribution < 1.29 is 0 Å². The van der Waals surface area contributed by atoms with Crippen molar-refractivity contribution >= 4 is 11.4 Å². The molecule has 0 aliphatic heterocycles. The van der Waals surface area contributed by atoms with Crippen LogP contribution in [0.1, 0.15) is 203 Å². The maximum absolute atomic E-state index is 5.09. The van der Waals surface area contributed by atoms with Crippen molar-refractivity contribution in [2.24, 2.45) is 80.2 Å². The molecule has 0 spiro atoms. The van der Waals surface area contributed by atoms with E-state index in [4.69, 9.17) is 10.2 Å². The second-order valence-electron chi connectivity index (χ2n) is 22.8. The van der Waals surface area contributed by atoms with E-state index in [-0.39, 0.29) is 0 Å². The summed E-state index contributed by atoms with van der Waals surface area (Å²) < 4.78 is 0. The zero-order valence-corrected chi connectivity index (χ0v) is 37.9. The smallest absolute Gasteiger partial charge is 0.0862 e. The molecule has 0 saturated heterocycles. The summed E-state index contributed by atoms with van der Waals surface area (Å²) in [5.41, 5.74) is 12.7. The van der Waals surface area contributed by atoms with Gasteiger partial charge >= 0.3 is 0 Å². The third-order valence-electron chi connectivity index (χ3n) is 18.8. The van der Waals surface area contributed by atoms with E-state index in [1.807, 2.05) is 0 Å². The van der Waals surface area contributed by atoms with Crippen LogP contribution in [0.3, 0.4) is 0 Å². The summed E-state index contributed by atoms with van der Waals surface area (Å²) in [5.74, 6) is 10.1. The van der Waals surface area contributed by atoms with Gasteiger partial charge in [0.2, 0.25) is 0 Å². The maximum atomic E-state index is 5.09. The molecule has 0 heterocycles. The van der Waals surface area contributed by atoms with Gasteiger partial charge in [-0.1, -0.05) is 93.9 Å². The van der Waals surface area contributed by atoms with E-state index in [2.05, 4.69) is 93.5 Å². The number of fused-ring (bicyclic) bond motifs is 10. The summed E-state index contributed by atoms with van der Waals surface area (Å²) in [7, 11) is 0. The van der Waals surface area contributed by atoms with Gasteiger partial charge in [-0.25, -0.2) is 0 Å². The number of hydrogen-bond donors (Lipinski definition) is 0. The van der Waals surface area contributed by atoms with Crippen LogP contribution in [0, 0.1) is 83.9 Å². The first-order chi connectivity index (χ1) is 26.8. The predicted octanol–water partition coefficient (Wildman–Crippen LogP) is 16.6. The van der Waals surface area contributed by atoms with Crippen LogP contribution < -0.4 is 0 Å². The van der Waals surface area contributed by atoms with Crippen LogP contribution in [0.2, 0.25) is 0 Å². The molecule has 12 unspecified atom stereocenters. The highest BCUT2D eigenvalue weighted by molar-refractivity contribution is 5.54. The van der Waals surface area contributed by atoms with Gasteiger partial charge in [-0.15, -0.1) is 0 Å². The molecule has 56 heavy (non-hydrogen) atoms. The highest BCUT2D eigenvalue weighted by Gasteiger charge is 2.57. The summed E-state index contributed by atoms with van der Waals surface area (Å²) in [4.78, 5) is 0. The molecule has 0 aromatic heterocycles. The van der Waals surface area contributed by atoms with Gasteiger partial charge in [0.25, 0.3) is 0 Å². The number of nitrogens with zero attached hydrogens (tertiary/aromatic N) is 2. The minimum absolute atomic E-state index is 0.535. The fraction of sp³-hybridized carbons (Fsp3) is 0.778. The lowest BCUT2D eigenvalue weighted by atomic mass is 9.53. The van der Waals surface area contributed by atoms with E-state index < -0.39 is 0 Å². The van der Waals surface area contributed by atoms with E-state index in [9.17, 15) is 0 Å². The molecule has 0 N–H and O–H groups in total. The average molecular weight is 759 g/mol. The molecule has 0 radical (unpaired) electrons. The van der Waals surface area contributed by atoms with Crippen LogP contribution in [0.15, 0.2) is 34.5 Å². The molecule has 6 aliphatic rings. The third kappa shape index (κ3) is 7.43. The first-order valence-corrected chi connectivity index (χ1v) is 24.5. The summed E-state index contributed by atoms with van der Waals surface area (Å²) in [6, 6.07) is 9.69. The van der Waals surface area contributed by atoms with E-state index in [0.717, 1.165) is 70.6 Å². The van der Waals surface area contributed by atoms with Gasteiger partial charge in [-0.2, -0.15) is 10.2 Å². The van der Waals surface area contributed by atoms with Crippen molar-refractivity contribution in [1.82, 2.24) is 0 Å². The molecule has 2 aromatic carbocycles. The van der Waals surface area contributed by atoms with Crippen molar-refractivity contribution in [3.63, 3.8) is 0 Å². The quantitative estimate of drug-likeness (QED) is 0.193. The van der Waals surface area contributed by atoms with Gasteiger partial charge in [-0.3, -0.25) is 0 Å². The molecule has 4 fully saturated rings. The van der Waals surface area contributed by atoms with Crippen LogP contribution in [0.25, 0.3) is 0 Å². The number of hydrogen-bond acceptors (Lipinski definition) is 2. The van der Waals surface area contributed by atoms with E-state index in [1.165, 1.54) is 127 Å². The Morgan fingerprint density at radius 1 is 0.536 bits per heavy atom. The molecule has 2 nitrogen and oxygen atoms in total. The van der Waals surface area contributed by atoms with Crippen molar-refractivity contribution in [2.45, 2.75) is 197 Å². The van der Waals surface area contributed by atoms with Crippen molar-refractivity contribution in [1.29, 1.82) is 0 Å². The largest absolute Gasteiger partial charge is 0.151 e. The summed E-state index contributed by atoms with van der Waals surface area (Å²) in [5, 5.41) is 10.2. The SMILES string of the molecule is Cc1cc(N=Nc2cc(C)c3c(c2)C2CCC4(C)C(C(C)CCCC(C)C)CCC4C2CC3)cc2c1CCC1C2CCC2(C)C(C(C)CCCC(C)C)CCC12. The Hall–Kier alpha value is -1.96. The molecule has 308 valence electrons. The zero-order chi connectivity index (χ0) is 39.5. The molecule has 6 aliphatic carbocycles. The van der Waals surface area contributed by atoms with Crippen LogP contribution in [-0.4, -0.2) is 0 Å². The highest BCUT2D eigenvalue weighted by atomic mass is 15.1. The van der Waals surface area contributed by atoms with Gasteiger partial charge in [-0.05, 0) is 230 Å². The van der Waals surface area contributed by atoms with Crippen LogP contribution in [0.5, 0.6) is 0 Å². The summed E-state index contributed by atoms with van der Waals surface area (Å²) >= 11 is 0. The number of rotatable bonds is 12. The fourth-order valence-corrected chi connectivity index (χ4v) is 16.0. The highest BCUT2D eigenvalue weighted by Crippen LogP contribution is 2.66. The first kappa shape index (κ1) is 40.8. The molecule has 0 bridgehead atoms. The number of aryl methyl sites for hydroxylation is 2. The Kier molecular flexibility index (Phi) is 11.8. The lowest BCUT2D eigenvalue weighted by Gasteiger charge is -2.52. The second-order valence-corrected chi connectivity index (χ2v) is 22.8. The minimum atomic E-state index is 0.535. The predicted molar refractivity (Wildman–Crippen MR) is 238 cm³/mol. The van der Waals surface area contributed by atoms with Gasteiger partial charge in [0.15, 0.2) is 0 Å².